The summed E-state index contributed by atoms with van der Waals surface area (Å²) in [4.78, 5) is 40.7. The Morgan fingerprint density at radius 2 is 1.58 bits per heavy atom. The molecular formula is C28H29N5O3. The Balaban J connectivity index is 1.45. The molecule has 1 aliphatic heterocycles. The number of nitrogens with zero attached hydrogens (tertiary/aromatic N) is 4. The molecule has 0 bridgehead atoms. The molecule has 2 heterocycles. The summed E-state index contributed by atoms with van der Waals surface area (Å²) in [6, 6.07) is 22.0. The maximum Gasteiger partial charge on any atom is 0.254 e. The number of carbonyl (C=O) groups is 2. The van der Waals surface area contributed by atoms with Crippen LogP contribution < -0.4 is 9.64 Å². The van der Waals surface area contributed by atoms with E-state index in [1.165, 1.54) is 0 Å². The van der Waals surface area contributed by atoms with E-state index in [-0.39, 0.29) is 11.8 Å². The second-order valence-electron chi connectivity index (χ2n) is 9.07. The summed E-state index contributed by atoms with van der Waals surface area (Å²) >= 11 is 0. The predicted octanol–water partition coefficient (Wildman–Crippen LogP) is 3.98. The number of ether oxygens (including phenoxy) is 1. The van der Waals surface area contributed by atoms with Crippen molar-refractivity contribution in [3.8, 4) is 5.75 Å². The van der Waals surface area contributed by atoms with Gasteiger partial charge in [0, 0.05) is 50.5 Å². The van der Waals surface area contributed by atoms with Gasteiger partial charge in [-0.3, -0.25) is 9.59 Å². The number of aromatic amines is 1. The number of nitrogens with one attached hydrogen (secondary N) is 1. The number of benzene rings is 3. The zero-order chi connectivity index (χ0) is 25.2. The van der Waals surface area contributed by atoms with Crippen LogP contribution in [0.4, 0.5) is 5.69 Å². The van der Waals surface area contributed by atoms with E-state index in [0.29, 0.717) is 42.3 Å². The van der Waals surface area contributed by atoms with Crippen LogP contribution in [0.15, 0.2) is 72.8 Å². The molecular weight excluding hydrogens is 454 g/mol. The number of para-hydroxylation sites is 2. The number of carbonyl (C=O) groups excluding carboxylic acids is 2. The topological polar surface area (TPSA) is 81.8 Å². The number of anilines is 1. The highest BCUT2D eigenvalue weighted by Crippen LogP contribution is 2.29. The van der Waals surface area contributed by atoms with Gasteiger partial charge in [-0.15, -0.1) is 0 Å². The lowest BCUT2D eigenvalue weighted by molar-refractivity contribution is 0.0371. The predicted molar refractivity (Wildman–Crippen MR) is 140 cm³/mol. The van der Waals surface area contributed by atoms with Crippen molar-refractivity contribution in [3.63, 3.8) is 0 Å². The average Bonchev–Trinajstić information content (AvgIpc) is 3.36. The molecule has 5 rings (SSSR count). The highest BCUT2D eigenvalue weighted by atomic mass is 16.5. The van der Waals surface area contributed by atoms with Gasteiger partial charge in [0.15, 0.2) is 0 Å². The van der Waals surface area contributed by atoms with Crippen molar-refractivity contribution in [1.82, 2.24) is 19.8 Å². The van der Waals surface area contributed by atoms with E-state index < -0.39 is 6.04 Å². The summed E-state index contributed by atoms with van der Waals surface area (Å²) in [6.45, 7) is 1.18. The number of piperazine rings is 1. The van der Waals surface area contributed by atoms with Crippen LogP contribution in [-0.4, -0.2) is 72.4 Å². The number of amides is 2. The monoisotopic (exact) mass is 483 g/mol. The lowest BCUT2D eigenvalue weighted by Crippen LogP contribution is -2.52. The van der Waals surface area contributed by atoms with Gasteiger partial charge in [-0.2, -0.15) is 0 Å². The van der Waals surface area contributed by atoms with Crippen LogP contribution in [-0.2, 0) is 0 Å². The Hall–Kier alpha value is -4.33. The fraction of sp³-hybridized carbons (Fsp3) is 0.250. The van der Waals surface area contributed by atoms with Gasteiger partial charge >= 0.3 is 0 Å². The van der Waals surface area contributed by atoms with E-state index in [4.69, 9.17) is 9.72 Å². The van der Waals surface area contributed by atoms with Crippen molar-refractivity contribution in [1.29, 1.82) is 0 Å². The SMILES string of the molecule is COc1ccc(C(=O)N2CCN(C(=O)c3ccc(N(C)C)cc3)CC2c2nc3ccccc3[nH]2)cc1. The van der Waals surface area contributed by atoms with Gasteiger partial charge in [0.25, 0.3) is 11.8 Å². The molecule has 1 N–H and O–H groups in total. The first kappa shape index (κ1) is 23.4. The van der Waals surface area contributed by atoms with Gasteiger partial charge in [-0.25, -0.2) is 4.98 Å². The van der Waals surface area contributed by atoms with Crippen LogP contribution >= 0.6 is 0 Å². The van der Waals surface area contributed by atoms with Crippen molar-refractivity contribution in [2.24, 2.45) is 0 Å². The third-order valence-corrected chi connectivity index (χ3v) is 6.62. The van der Waals surface area contributed by atoms with Gasteiger partial charge in [0.1, 0.15) is 17.6 Å². The van der Waals surface area contributed by atoms with Crippen LogP contribution in [0.3, 0.4) is 0 Å². The lowest BCUT2D eigenvalue weighted by atomic mass is 10.1. The lowest BCUT2D eigenvalue weighted by Gasteiger charge is -2.40. The normalized spacial score (nSPS) is 15.7. The Bertz CT molecular complexity index is 1350. The van der Waals surface area contributed by atoms with E-state index in [1.807, 2.05) is 67.5 Å². The number of hydrogen-bond acceptors (Lipinski definition) is 5. The van der Waals surface area contributed by atoms with Crippen molar-refractivity contribution >= 4 is 28.5 Å². The molecule has 0 saturated carbocycles. The molecule has 36 heavy (non-hydrogen) atoms. The van der Waals surface area contributed by atoms with E-state index in [2.05, 4.69) is 4.98 Å². The Kier molecular flexibility index (Phi) is 6.33. The smallest absolute Gasteiger partial charge is 0.254 e. The number of rotatable bonds is 5. The van der Waals surface area contributed by atoms with Crippen molar-refractivity contribution in [3.05, 3.63) is 89.7 Å². The fourth-order valence-electron chi connectivity index (χ4n) is 4.56. The summed E-state index contributed by atoms with van der Waals surface area (Å²) < 4.78 is 5.23. The molecule has 1 aliphatic rings. The molecule has 1 fully saturated rings. The number of hydrogen-bond donors (Lipinski definition) is 1. The molecule has 4 aromatic rings. The van der Waals surface area contributed by atoms with E-state index >= 15 is 0 Å². The molecule has 8 nitrogen and oxygen atoms in total. The van der Waals surface area contributed by atoms with Gasteiger partial charge in [0.05, 0.1) is 18.1 Å². The third-order valence-electron chi connectivity index (χ3n) is 6.62. The van der Waals surface area contributed by atoms with Gasteiger partial charge in [-0.05, 0) is 60.7 Å². The largest absolute Gasteiger partial charge is 0.497 e. The standard InChI is InChI=1S/C28H29N5O3/c1-31(2)21-12-8-19(9-13-21)27(34)32-16-17-33(28(35)20-10-14-22(36-3)15-11-20)25(18-32)26-29-23-6-4-5-7-24(23)30-26/h4-15,25H,16-18H2,1-3H3,(H,29,30). The highest BCUT2D eigenvalue weighted by Gasteiger charge is 2.36. The van der Waals surface area contributed by atoms with Crippen molar-refractivity contribution in [2.75, 3.05) is 45.7 Å². The molecule has 8 heteroatoms. The third kappa shape index (κ3) is 4.49. The van der Waals surface area contributed by atoms with Crippen LogP contribution in [0.1, 0.15) is 32.6 Å². The first-order valence-corrected chi connectivity index (χ1v) is 11.9. The molecule has 3 aromatic carbocycles. The Morgan fingerprint density at radius 3 is 2.25 bits per heavy atom. The number of imidazole rings is 1. The molecule has 1 atom stereocenters. The minimum absolute atomic E-state index is 0.0574. The highest BCUT2D eigenvalue weighted by molar-refractivity contribution is 5.96. The summed E-state index contributed by atoms with van der Waals surface area (Å²) in [5.74, 6) is 1.19. The summed E-state index contributed by atoms with van der Waals surface area (Å²) in [7, 11) is 5.53. The maximum absolute atomic E-state index is 13.6. The number of fused-ring (bicyclic) bond motifs is 1. The van der Waals surface area contributed by atoms with Crippen molar-refractivity contribution < 1.29 is 14.3 Å². The molecule has 1 unspecified atom stereocenters. The van der Waals surface area contributed by atoms with E-state index in [9.17, 15) is 9.59 Å². The summed E-state index contributed by atoms with van der Waals surface area (Å²) in [5.41, 5.74) is 3.94. The Morgan fingerprint density at radius 1 is 0.917 bits per heavy atom. The van der Waals surface area contributed by atoms with E-state index in [0.717, 1.165) is 16.7 Å². The van der Waals surface area contributed by atoms with Crippen LogP contribution in [0.5, 0.6) is 5.75 Å². The van der Waals surface area contributed by atoms with E-state index in [1.54, 1.807) is 41.2 Å². The zero-order valence-electron chi connectivity index (χ0n) is 20.6. The quantitative estimate of drug-likeness (QED) is 0.464. The number of aromatic nitrogens is 2. The first-order chi connectivity index (χ1) is 17.4. The minimum Gasteiger partial charge on any atom is -0.497 e. The number of methoxy groups -OCH3 is 1. The molecule has 1 saturated heterocycles. The molecule has 2 amide bonds. The molecule has 1 aromatic heterocycles. The molecule has 0 radical (unpaired) electrons. The second-order valence-corrected chi connectivity index (χ2v) is 9.07. The molecule has 0 aliphatic carbocycles. The second kappa shape index (κ2) is 9.73. The molecule has 0 spiro atoms. The van der Waals surface area contributed by atoms with Crippen LogP contribution in [0.2, 0.25) is 0 Å². The van der Waals surface area contributed by atoms with Gasteiger partial charge in [0.2, 0.25) is 0 Å². The Labute approximate surface area is 210 Å². The summed E-state index contributed by atoms with van der Waals surface area (Å²) in [6.07, 6.45) is 0. The molecule has 184 valence electrons. The minimum atomic E-state index is -0.411. The summed E-state index contributed by atoms with van der Waals surface area (Å²) in [5, 5.41) is 0. The van der Waals surface area contributed by atoms with Crippen LogP contribution in [0.25, 0.3) is 11.0 Å². The van der Waals surface area contributed by atoms with Gasteiger partial charge in [-0.1, -0.05) is 12.1 Å². The zero-order valence-corrected chi connectivity index (χ0v) is 20.6. The first-order valence-electron chi connectivity index (χ1n) is 11.9. The average molecular weight is 484 g/mol. The van der Waals surface area contributed by atoms with Crippen molar-refractivity contribution in [2.45, 2.75) is 6.04 Å². The fourth-order valence-corrected chi connectivity index (χ4v) is 4.56. The maximum atomic E-state index is 13.6. The van der Waals surface area contributed by atoms with Crippen LogP contribution in [0, 0.1) is 0 Å². The van der Waals surface area contributed by atoms with Gasteiger partial charge < -0.3 is 24.4 Å². The number of H-pyrrole nitrogens is 1.